The van der Waals surface area contributed by atoms with Gasteiger partial charge >= 0.3 is 0 Å². The highest BCUT2D eigenvalue weighted by Crippen LogP contribution is 2.32. The van der Waals surface area contributed by atoms with E-state index in [0.29, 0.717) is 4.31 Å². The number of methoxy groups -OCH3 is 3. The fraction of sp³-hybridized carbons (Fsp3) is 0.500. The molecule has 0 aromatic heterocycles. The maximum absolute atomic E-state index is 12.6. The normalized spacial score (nSPS) is 17.1. The van der Waals surface area contributed by atoms with Crippen LogP contribution in [-0.2, 0) is 34.3 Å². The lowest BCUT2D eigenvalue weighted by Gasteiger charge is -2.19. The summed E-state index contributed by atoms with van der Waals surface area (Å²) >= 11 is 0. The molecule has 1 fully saturated rings. The van der Waals surface area contributed by atoms with E-state index in [2.05, 4.69) is 4.72 Å². The lowest BCUT2D eigenvalue weighted by Crippen LogP contribution is -2.34. The minimum Gasteiger partial charge on any atom is -0.495 e. The first-order valence-electron chi connectivity index (χ1n) is 7.45. The highest BCUT2D eigenvalue weighted by atomic mass is 32.2. The zero-order chi connectivity index (χ0) is 19.5. The van der Waals surface area contributed by atoms with Crippen LogP contribution in [0, 0.1) is 0 Å². The number of amides is 1. The molecule has 0 bridgehead atoms. The average molecular weight is 408 g/mol. The van der Waals surface area contributed by atoms with E-state index in [4.69, 9.17) is 14.2 Å². The Labute approximate surface area is 152 Å². The van der Waals surface area contributed by atoms with E-state index in [1.807, 2.05) is 0 Å². The standard InChI is InChI=1S/C14H20N2O8S2/c1-22-11-5-4-10(16-13(17)6-7-25(16,18)19)8-12(11)26(20,21)15-9-14(23-2)24-3/h4-5,8,14-15H,6-7,9H2,1-3H3. The highest BCUT2D eigenvalue weighted by molar-refractivity contribution is 7.94. The van der Waals surface area contributed by atoms with E-state index in [1.54, 1.807) is 0 Å². The minimum atomic E-state index is -4.09. The van der Waals surface area contributed by atoms with Gasteiger partial charge in [-0.2, -0.15) is 0 Å². The van der Waals surface area contributed by atoms with Crippen molar-refractivity contribution in [2.45, 2.75) is 17.6 Å². The molecule has 10 nitrogen and oxygen atoms in total. The number of hydrogen-bond donors (Lipinski definition) is 1. The van der Waals surface area contributed by atoms with Gasteiger partial charge in [0.2, 0.25) is 26.0 Å². The Morgan fingerprint density at radius 1 is 1.23 bits per heavy atom. The molecule has 0 spiro atoms. The zero-order valence-electron chi connectivity index (χ0n) is 14.5. The zero-order valence-corrected chi connectivity index (χ0v) is 16.1. The van der Waals surface area contributed by atoms with Crippen molar-refractivity contribution in [3.63, 3.8) is 0 Å². The van der Waals surface area contributed by atoms with E-state index in [1.165, 1.54) is 33.5 Å². The van der Waals surface area contributed by atoms with Crippen LogP contribution in [0.2, 0.25) is 0 Å². The topological polar surface area (TPSA) is 128 Å². The molecule has 1 aliphatic heterocycles. The Bertz CT molecular complexity index is 878. The molecule has 0 radical (unpaired) electrons. The molecule has 2 rings (SSSR count). The Kier molecular flexibility index (Phi) is 6.24. The summed E-state index contributed by atoms with van der Waals surface area (Å²) in [5.41, 5.74) is -0.0660. The summed E-state index contributed by atoms with van der Waals surface area (Å²) in [4.78, 5) is 11.6. The van der Waals surface area contributed by atoms with Crippen molar-refractivity contribution in [3.8, 4) is 5.75 Å². The Morgan fingerprint density at radius 3 is 2.38 bits per heavy atom. The largest absolute Gasteiger partial charge is 0.495 e. The van der Waals surface area contributed by atoms with Crippen LogP contribution in [0.1, 0.15) is 6.42 Å². The number of ether oxygens (including phenoxy) is 3. The second-order valence-corrected chi connectivity index (χ2v) is 8.98. The summed E-state index contributed by atoms with van der Waals surface area (Å²) in [5, 5.41) is 0. The average Bonchev–Trinajstić information content (AvgIpc) is 2.88. The molecule has 0 saturated carbocycles. The molecule has 12 heteroatoms. The van der Waals surface area contributed by atoms with Crippen LogP contribution >= 0.6 is 0 Å². The number of rotatable bonds is 8. The van der Waals surface area contributed by atoms with Crippen LogP contribution in [0.25, 0.3) is 0 Å². The van der Waals surface area contributed by atoms with E-state index >= 15 is 0 Å². The van der Waals surface area contributed by atoms with Gasteiger partial charge in [0.1, 0.15) is 10.6 Å². The Morgan fingerprint density at radius 2 is 1.88 bits per heavy atom. The molecule has 1 N–H and O–H groups in total. The van der Waals surface area contributed by atoms with E-state index < -0.39 is 32.2 Å². The predicted molar refractivity (Wildman–Crippen MR) is 91.9 cm³/mol. The van der Waals surface area contributed by atoms with Crippen LogP contribution < -0.4 is 13.8 Å². The van der Waals surface area contributed by atoms with Crippen LogP contribution in [0.5, 0.6) is 5.75 Å². The molecule has 1 aromatic rings. The fourth-order valence-corrected chi connectivity index (χ4v) is 5.04. The van der Waals surface area contributed by atoms with Gasteiger partial charge in [-0.1, -0.05) is 0 Å². The number of anilines is 1. The number of benzene rings is 1. The molecular formula is C14H20N2O8S2. The summed E-state index contributed by atoms with van der Waals surface area (Å²) in [6.45, 7) is -0.177. The molecule has 1 aliphatic rings. The Hall–Kier alpha value is -1.73. The van der Waals surface area contributed by atoms with Crippen molar-refractivity contribution in [1.29, 1.82) is 0 Å². The first-order chi connectivity index (χ1) is 12.2. The quantitative estimate of drug-likeness (QED) is 0.579. The second kappa shape index (κ2) is 7.88. The molecule has 1 aromatic carbocycles. The SMILES string of the molecule is COc1ccc(N2C(=O)CCS2(=O)=O)cc1S(=O)(=O)NCC(OC)OC. The minimum absolute atomic E-state index is 0.00308. The third kappa shape index (κ3) is 4.15. The molecule has 0 unspecified atom stereocenters. The maximum atomic E-state index is 12.6. The summed E-state index contributed by atoms with van der Waals surface area (Å²) in [5.74, 6) is -0.941. The molecule has 1 amide bonds. The fourth-order valence-electron chi connectivity index (χ4n) is 2.39. The van der Waals surface area contributed by atoms with Crippen molar-refractivity contribution in [3.05, 3.63) is 18.2 Å². The van der Waals surface area contributed by atoms with Gasteiger partial charge in [-0.05, 0) is 18.2 Å². The van der Waals surface area contributed by atoms with Crippen molar-refractivity contribution in [1.82, 2.24) is 4.72 Å². The van der Waals surface area contributed by atoms with E-state index in [9.17, 15) is 21.6 Å². The van der Waals surface area contributed by atoms with Gasteiger partial charge in [0.05, 0.1) is 25.1 Å². The molecule has 26 heavy (non-hydrogen) atoms. The van der Waals surface area contributed by atoms with Gasteiger partial charge in [0.25, 0.3) is 0 Å². The first-order valence-corrected chi connectivity index (χ1v) is 10.5. The summed E-state index contributed by atoms with van der Waals surface area (Å²) in [6.07, 6.45) is -0.961. The van der Waals surface area contributed by atoms with Gasteiger partial charge in [0, 0.05) is 20.6 Å². The number of carbonyl (C=O) groups excluding carboxylic acids is 1. The highest BCUT2D eigenvalue weighted by Gasteiger charge is 2.37. The van der Waals surface area contributed by atoms with Crippen molar-refractivity contribution < 1.29 is 35.8 Å². The molecule has 0 atom stereocenters. The van der Waals surface area contributed by atoms with Gasteiger partial charge in [-0.3, -0.25) is 4.79 Å². The van der Waals surface area contributed by atoms with E-state index in [0.717, 1.165) is 6.07 Å². The third-order valence-corrected chi connectivity index (χ3v) is 6.85. The number of hydrogen-bond acceptors (Lipinski definition) is 8. The van der Waals surface area contributed by atoms with Gasteiger partial charge in [0.15, 0.2) is 6.29 Å². The molecular weight excluding hydrogens is 388 g/mol. The van der Waals surface area contributed by atoms with Gasteiger partial charge in [-0.15, -0.1) is 0 Å². The smallest absolute Gasteiger partial charge is 0.244 e. The summed E-state index contributed by atoms with van der Waals surface area (Å²) < 4.78 is 67.1. The van der Waals surface area contributed by atoms with Crippen LogP contribution in [0.3, 0.4) is 0 Å². The summed E-state index contributed by atoms with van der Waals surface area (Å²) in [6, 6.07) is 3.68. The number of nitrogens with zero attached hydrogens (tertiary/aromatic N) is 1. The molecule has 0 aliphatic carbocycles. The third-order valence-electron chi connectivity index (χ3n) is 3.72. The summed E-state index contributed by atoms with van der Waals surface area (Å²) in [7, 11) is -3.92. The molecule has 1 heterocycles. The lowest BCUT2D eigenvalue weighted by atomic mass is 10.3. The predicted octanol–water partition coefficient (Wildman–Crippen LogP) is -0.341. The van der Waals surface area contributed by atoms with Crippen LogP contribution in [0.15, 0.2) is 23.1 Å². The van der Waals surface area contributed by atoms with Crippen molar-refractivity contribution >= 4 is 31.6 Å². The second-order valence-electron chi connectivity index (χ2n) is 5.31. The van der Waals surface area contributed by atoms with Crippen molar-refractivity contribution in [2.75, 3.05) is 37.9 Å². The monoisotopic (exact) mass is 408 g/mol. The first kappa shape index (κ1) is 20.6. The molecule has 1 saturated heterocycles. The maximum Gasteiger partial charge on any atom is 0.244 e. The van der Waals surface area contributed by atoms with Crippen LogP contribution in [-0.4, -0.2) is 62.7 Å². The van der Waals surface area contributed by atoms with Crippen molar-refractivity contribution in [2.24, 2.45) is 0 Å². The Balaban J connectivity index is 2.43. The van der Waals surface area contributed by atoms with Gasteiger partial charge in [-0.25, -0.2) is 25.9 Å². The number of sulfonamides is 2. The number of carbonyl (C=O) groups is 1. The lowest BCUT2D eigenvalue weighted by molar-refractivity contribution is -0.116. The van der Waals surface area contributed by atoms with E-state index in [-0.39, 0.29) is 35.1 Å². The molecule has 146 valence electrons. The van der Waals surface area contributed by atoms with Gasteiger partial charge < -0.3 is 14.2 Å². The number of nitrogens with one attached hydrogen (secondary N) is 1. The van der Waals surface area contributed by atoms with Crippen LogP contribution in [0.4, 0.5) is 5.69 Å².